The minimum atomic E-state index is -4.75. The molecule has 0 aromatic rings. The third kappa shape index (κ3) is 9.03. The van der Waals surface area contributed by atoms with Crippen LogP contribution in [-0.4, -0.2) is 58.8 Å². The molecule has 0 aliphatic carbocycles. The van der Waals surface area contributed by atoms with E-state index in [-0.39, 0.29) is 0 Å². The van der Waals surface area contributed by atoms with Gasteiger partial charge in [0.05, 0.1) is 19.8 Å². The normalized spacial score (nSPS) is 12.9. The Balaban J connectivity index is 4.66. The lowest BCUT2D eigenvalue weighted by molar-refractivity contribution is -0.507. The van der Waals surface area contributed by atoms with E-state index < -0.39 is 58.8 Å². The Hall–Kier alpha value is -0.580. The van der Waals surface area contributed by atoms with Crippen molar-refractivity contribution >= 4 is 0 Å². The minimum Gasteiger partial charge on any atom is -0.301 e. The fraction of sp³-hybridized carbons (Fsp3) is 1.00. The van der Waals surface area contributed by atoms with Crippen LogP contribution in [0.4, 0.5) is 26.3 Å². The first-order chi connectivity index (χ1) is 8.89. The fourth-order valence-corrected chi connectivity index (χ4v) is 0.911. The van der Waals surface area contributed by atoms with E-state index in [1.54, 1.807) is 0 Å². The molecular formula is C9H14F6O4. The summed E-state index contributed by atoms with van der Waals surface area (Å²) in [6, 6.07) is 0. The van der Waals surface area contributed by atoms with Gasteiger partial charge in [0.15, 0.2) is 6.61 Å². The molecule has 116 valence electrons. The molecule has 0 atom stereocenters. The van der Waals surface area contributed by atoms with Gasteiger partial charge in [-0.25, -0.2) is 13.2 Å². The molecule has 0 spiro atoms. The second-order valence-corrected chi connectivity index (χ2v) is 3.02. The maximum Gasteiger partial charge on any atom is 0.413 e. The summed E-state index contributed by atoms with van der Waals surface area (Å²) in [6.45, 7) is -7.25. The highest BCUT2D eigenvalue weighted by Gasteiger charge is 2.41. The van der Waals surface area contributed by atoms with Crippen molar-refractivity contribution in [1.29, 1.82) is 0 Å². The summed E-state index contributed by atoms with van der Waals surface area (Å²) in [5.41, 5.74) is 0. The first-order valence-corrected chi connectivity index (χ1v) is 5.19. The second-order valence-electron chi connectivity index (χ2n) is 3.02. The zero-order chi connectivity index (χ0) is 14.8. The smallest absolute Gasteiger partial charge is 0.301 e. The standard InChI is InChI=1S/C9H14F6O4/c10-1-4-16-9(17-5-2-11,18-6-3-12)19-7-8(13,14)15/h1-7H2. The molecule has 0 aliphatic rings. The SMILES string of the molecule is FCCOC(OCCF)(OCCF)OCC(F)(F)F. The summed E-state index contributed by atoms with van der Waals surface area (Å²) in [5, 5.41) is 0. The van der Waals surface area contributed by atoms with Crippen LogP contribution < -0.4 is 0 Å². The summed E-state index contributed by atoms with van der Waals surface area (Å²) < 4.78 is 89.8. The highest BCUT2D eigenvalue weighted by molar-refractivity contribution is 4.51. The van der Waals surface area contributed by atoms with Crippen LogP contribution in [0.1, 0.15) is 0 Å². The topological polar surface area (TPSA) is 36.9 Å². The molecule has 0 aliphatic heterocycles. The monoisotopic (exact) mass is 300 g/mol. The molecule has 0 saturated heterocycles. The van der Waals surface area contributed by atoms with Gasteiger partial charge in [-0.3, -0.25) is 4.74 Å². The van der Waals surface area contributed by atoms with Crippen molar-refractivity contribution in [2.24, 2.45) is 0 Å². The zero-order valence-electron chi connectivity index (χ0n) is 9.85. The highest BCUT2D eigenvalue weighted by atomic mass is 19.4. The van der Waals surface area contributed by atoms with Gasteiger partial charge in [0, 0.05) is 0 Å². The van der Waals surface area contributed by atoms with Crippen molar-refractivity contribution in [2.45, 2.75) is 12.3 Å². The van der Waals surface area contributed by atoms with Crippen LogP contribution in [0.15, 0.2) is 0 Å². The van der Waals surface area contributed by atoms with E-state index in [1.165, 1.54) is 0 Å². The number of hydrogen-bond donors (Lipinski definition) is 0. The molecule has 0 unspecified atom stereocenters. The summed E-state index contributed by atoms with van der Waals surface area (Å²) >= 11 is 0. The molecule has 19 heavy (non-hydrogen) atoms. The van der Waals surface area contributed by atoms with Gasteiger partial charge >= 0.3 is 12.3 Å². The summed E-state index contributed by atoms with van der Waals surface area (Å²) in [6.07, 6.45) is -7.53. The molecule has 4 nitrogen and oxygen atoms in total. The van der Waals surface area contributed by atoms with Crippen LogP contribution in [0.3, 0.4) is 0 Å². The van der Waals surface area contributed by atoms with Gasteiger partial charge in [-0.1, -0.05) is 0 Å². The van der Waals surface area contributed by atoms with Crippen molar-refractivity contribution in [2.75, 3.05) is 46.5 Å². The van der Waals surface area contributed by atoms with Gasteiger partial charge in [-0.05, 0) is 0 Å². The predicted molar refractivity (Wildman–Crippen MR) is 50.5 cm³/mol. The Morgan fingerprint density at radius 3 is 1.26 bits per heavy atom. The maximum absolute atomic E-state index is 12.0. The summed E-state index contributed by atoms with van der Waals surface area (Å²) in [7, 11) is 0. The third-order valence-electron chi connectivity index (χ3n) is 1.48. The van der Waals surface area contributed by atoms with Gasteiger partial charge < -0.3 is 14.2 Å². The number of ether oxygens (including phenoxy) is 4. The van der Waals surface area contributed by atoms with Crippen LogP contribution in [0, 0.1) is 0 Å². The first-order valence-electron chi connectivity index (χ1n) is 5.19. The summed E-state index contributed by atoms with van der Waals surface area (Å²) in [4.78, 5) is 0. The van der Waals surface area contributed by atoms with Crippen LogP contribution in [0.5, 0.6) is 0 Å². The van der Waals surface area contributed by atoms with Crippen LogP contribution in [0.25, 0.3) is 0 Å². The first kappa shape index (κ1) is 18.4. The van der Waals surface area contributed by atoms with Gasteiger partial charge in [0.2, 0.25) is 0 Å². The molecule has 0 bridgehead atoms. The molecule has 0 amide bonds. The Kier molecular flexibility index (Phi) is 9.06. The average molecular weight is 300 g/mol. The van der Waals surface area contributed by atoms with Crippen molar-refractivity contribution in [1.82, 2.24) is 0 Å². The van der Waals surface area contributed by atoms with Crippen molar-refractivity contribution < 1.29 is 45.3 Å². The average Bonchev–Trinajstić information content (AvgIpc) is 2.36. The van der Waals surface area contributed by atoms with E-state index in [0.717, 1.165) is 0 Å². The van der Waals surface area contributed by atoms with Crippen LogP contribution in [-0.2, 0) is 18.9 Å². The lowest BCUT2D eigenvalue weighted by atomic mass is 10.7. The quantitative estimate of drug-likeness (QED) is 0.433. The van der Waals surface area contributed by atoms with Gasteiger partial charge in [0.1, 0.15) is 20.0 Å². The van der Waals surface area contributed by atoms with Gasteiger partial charge in [0.25, 0.3) is 0 Å². The Morgan fingerprint density at radius 2 is 1.00 bits per heavy atom. The molecule has 0 fully saturated rings. The van der Waals surface area contributed by atoms with Crippen molar-refractivity contribution in [3.8, 4) is 0 Å². The molecule has 0 aromatic heterocycles. The van der Waals surface area contributed by atoms with Crippen molar-refractivity contribution in [3.05, 3.63) is 0 Å². The van der Waals surface area contributed by atoms with Gasteiger partial charge in [-0.2, -0.15) is 13.2 Å². The highest BCUT2D eigenvalue weighted by Crippen LogP contribution is 2.23. The fourth-order valence-electron chi connectivity index (χ4n) is 0.911. The van der Waals surface area contributed by atoms with Crippen LogP contribution >= 0.6 is 0 Å². The van der Waals surface area contributed by atoms with E-state index in [0.29, 0.717) is 0 Å². The van der Waals surface area contributed by atoms with Gasteiger partial charge in [-0.15, -0.1) is 0 Å². The molecular weight excluding hydrogens is 286 g/mol. The number of alkyl halides is 6. The second kappa shape index (κ2) is 9.34. The zero-order valence-corrected chi connectivity index (χ0v) is 9.85. The van der Waals surface area contributed by atoms with E-state index in [1.807, 2.05) is 0 Å². The van der Waals surface area contributed by atoms with E-state index in [4.69, 9.17) is 0 Å². The number of rotatable bonds is 11. The predicted octanol–water partition coefficient (Wildman–Crippen LogP) is 2.13. The van der Waals surface area contributed by atoms with Crippen LogP contribution in [0.2, 0.25) is 0 Å². The summed E-state index contributed by atoms with van der Waals surface area (Å²) in [5.74, 6) is 0. The molecule has 0 aromatic carbocycles. The Bertz CT molecular complexity index is 203. The van der Waals surface area contributed by atoms with E-state index in [2.05, 4.69) is 18.9 Å². The maximum atomic E-state index is 12.0. The third-order valence-corrected chi connectivity index (χ3v) is 1.48. The molecule has 0 saturated carbocycles. The van der Waals surface area contributed by atoms with E-state index >= 15 is 0 Å². The molecule has 0 radical (unpaired) electrons. The van der Waals surface area contributed by atoms with E-state index in [9.17, 15) is 26.3 Å². The minimum absolute atomic E-state index is 0.726. The lowest BCUT2D eigenvalue weighted by Gasteiger charge is -2.31. The Labute approximate surface area is 105 Å². The number of halogens is 6. The molecule has 0 N–H and O–H groups in total. The molecule has 10 heteroatoms. The Morgan fingerprint density at radius 1 is 0.632 bits per heavy atom. The lowest BCUT2D eigenvalue weighted by Crippen LogP contribution is -2.45. The molecule has 0 heterocycles. The number of hydrogen-bond acceptors (Lipinski definition) is 4. The molecule has 0 rings (SSSR count). The van der Waals surface area contributed by atoms with Crippen molar-refractivity contribution in [3.63, 3.8) is 0 Å². The largest absolute Gasteiger partial charge is 0.413 e.